The highest BCUT2D eigenvalue weighted by molar-refractivity contribution is 4.82. The van der Waals surface area contributed by atoms with E-state index in [1.807, 2.05) is 0 Å². The van der Waals surface area contributed by atoms with Gasteiger partial charge in [-0.15, -0.1) is 0 Å². The second-order valence-corrected chi connectivity index (χ2v) is 4.17. The molecular weight excluding hydrogens is 164 g/mol. The minimum absolute atomic E-state index is 0.322. The fourth-order valence-electron chi connectivity index (χ4n) is 1.61. The van der Waals surface area contributed by atoms with Gasteiger partial charge >= 0.3 is 0 Å². The second-order valence-electron chi connectivity index (χ2n) is 4.17. The molecule has 2 nitrogen and oxygen atoms in total. The van der Waals surface area contributed by atoms with Crippen molar-refractivity contribution in [3.05, 3.63) is 0 Å². The maximum absolute atomic E-state index is 5.79. The summed E-state index contributed by atoms with van der Waals surface area (Å²) in [4.78, 5) is 0. The molecule has 0 aromatic heterocycles. The minimum atomic E-state index is 0.322. The fourth-order valence-corrected chi connectivity index (χ4v) is 1.61. The Morgan fingerprint density at radius 3 is 2.62 bits per heavy atom. The van der Waals surface area contributed by atoms with Gasteiger partial charge in [0.1, 0.15) is 0 Å². The van der Waals surface area contributed by atoms with Gasteiger partial charge in [0.15, 0.2) is 0 Å². The van der Waals surface area contributed by atoms with Gasteiger partial charge in [-0.25, -0.2) is 0 Å². The lowest BCUT2D eigenvalue weighted by Gasteiger charge is -2.15. The number of hydrogen-bond acceptors (Lipinski definition) is 2. The van der Waals surface area contributed by atoms with E-state index in [1.165, 1.54) is 12.8 Å². The lowest BCUT2D eigenvalue weighted by atomic mass is 10.2. The number of hydrogen-bond donors (Lipinski definition) is 0. The maximum atomic E-state index is 5.79. The van der Waals surface area contributed by atoms with Gasteiger partial charge in [0, 0.05) is 7.11 Å². The van der Waals surface area contributed by atoms with E-state index >= 15 is 0 Å². The molecular formula is C11H22O2. The van der Waals surface area contributed by atoms with E-state index in [-0.39, 0.29) is 0 Å². The summed E-state index contributed by atoms with van der Waals surface area (Å²) in [7, 11) is 1.74. The molecule has 13 heavy (non-hydrogen) atoms. The van der Waals surface area contributed by atoms with Gasteiger partial charge in [0.2, 0.25) is 0 Å². The first-order valence-corrected chi connectivity index (χ1v) is 5.38. The maximum Gasteiger partial charge on any atom is 0.0808 e. The lowest BCUT2D eigenvalue weighted by Crippen LogP contribution is -2.20. The van der Waals surface area contributed by atoms with Crippen LogP contribution in [0.2, 0.25) is 0 Å². The Morgan fingerprint density at radius 2 is 2.15 bits per heavy atom. The zero-order valence-electron chi connectivity index (χ0n) is 9.08. The zero-order chi connectivity index (χ0) is 9.68. The van der Waals surface area contributed by atoms with Gasteiger partial charge in [-0.2, -0.15) is 0 Å². The van der Waals surface area contributed by atoms with Crippen LogP contribution in [-0.4, -0.2) is 26.4 Å². The largest absolute Gasteiger partial charge is 0.382 e. The molecule has 0 saturated heterocycles. The normalized spacial score (nSPS) is 28.8. The summed E-state index contributed by atoms with van der Waals surface area (Å²) in [6.07, 6.45) is 3.97. The first-order valence-electron chi connectivity index (χ1n) is 5.38. The topological polar surface area (TPSA) is 18.5 Å². The van der Waals surface area contributed by atoms with Crippen molar-refractivity contribution in [2.75, 3.05) is 20.3 Å². The van der Waals surface area contributed by atoms with Crippen LogP contribution in [0.1, 0.15) is 33.1 Å². The van der Waals surface area contributed by atoms with Crippen LogP contribution in [0.5, 0.6) is 0 Å². The Bertz CT molecular complexity index is 130. The van der Waals surface area contributed by atoms with Crippen molar-refractivity contribution in [2.45, 2.75) is 39.2 Å². The first kappa shape index (κ1) is 11.0. The number of methoxy groups -OCH3 is 1. The molecule has 1 aliphatic rings. The van der Waals surface area contributed by atoms with Crippen molar-refractivity contribution in [3.8, 4) is 0 Å². The molecule has 0 amide bonds. The van der Waals surface area contributed by atoms with E-state index in [1.54, 1.807) is 7.11 Å². The number of ether oxygens (including phenoxy) is 2. The quantitative estimate of drug-likeness (QED) is 0.608. The molecule has 1 fully saturated rings. The van der Waals surface area contributed by atoms with Crippen LogP contribution < -0.4 is 0 Å². The highest BCUT2D eigenvalue weighted by Crippen LogP contribution is 2.37. The molecule has 0 bridgehead atoms. The summed E-state index contributed by atoms with van der Waals surface area (Å²) >= 11 is 0. The average Bonchev–Trinajstić information content (AvgIpc) is 2.79. The van der Waals surface area contributed by atoms with E-state index in [2.05, 4.69) is 13.8 Å². The Kier molecular flexibility index (Phi) is 4.74. The first-order chi connectivity index (χ1) is 6.27. The Balaban J connectivity index is 2.06. The smallest absolute Gasteiger partial charge is 0.0808 e. The molecule has 1 saturated carbocycles. The molecule has 3 unspecified atom stereocenters. The average molecular weight is 186 g/mol. The van der Waals surface area contributed by atoms with E-state index in [0.717, 1.165) is 31.5 Å². The lowest BCUT2D eigenvalue weighted by molar-refractivity contribution is -0.0122. The Labute approximate surface area is 81.6 Å². The fraction of sp³-hybridized carbons (Fsp3) is 1.00. The van der Waals surface area contributed by atoms with Crippen LogP contribution >= 0.6 is 0 Å². The third-order valence-corrected chi connectivity index (χ3v) is 2.79. The minimum Gasteiger partial charge on any atom is -0.382 e. The zero-order valence-corrected chi connectivity index (χ0v) is 9.08. The summed E-state index contributed by atoms with van der Waals surface area (Å²) in [5, 5.41) is 0. The molecule has 78 valence electrons. The van der Waals surface area contributed by atoms with Crippen LogP contribution in [0.3, 0.4) is 0 Å². The molecule has 2 heteroatoms. The van der Waals surface area contributed by atoms with Gasteiger partial charge in [0.25, 0.3) is 0 Å². The van der Waals surface area contributed by atoms with Gasteiger partial charge in [0.05, 0.1) is 19.3 Å². The molecule has 0 aliphatic heterocycles. The van der Waals surface area contributed by atoms with Gasteiger partial charge in [-0.3, -0.25) is 0 Å². The van der Waals surface area contributed by atoms with Crippen LogP contribution in [0, 0.1) is 11.8 Å². The molecule has 1 aliphatic carbocycles. The van der Waals surface area contributed by atoms with Crippen molar-refractivity contribution in [1.29, 1.82) is 0 Å². The van der Waals surface area contributed by atoms with Crippen molar-refractivity contribution in [2.24, 2.45) is 11.8 Å². The molecule has 0 N–H and O–H groups in total. The summed E-state index contributed by atoms with van der Waals surface area (Å²) in [5.74, 6) is 1.72. The second kappa shape index (κ2) is 5.61. The van der Waals surface area contributed by atoms with Crippen molar-refractivity contribution in [3.63, 3.8) is 0 Å². The summed E-state index contributed by atoms with van der Waals surface area (Å²) in [5.41, 5.74) is 0. The molecule has 0 aromatic carbocycles. The SMILES string of the molecule is CCCC(COC)OCC1CC1C. The highest BCUT2D eigenvalue weighted by atomic mass is 16.5. The molecule has 0 spiro atoms. The monoisotopic (exact) mass is 186 g/mol. The van der Waals surface area contributed by atoms with Crippen molar-refractivity contribution >= 4 is 0 Å². The third kappa shape index (κ3) is 4.10. The van der Waals surface area contributed by atoms with Crippen LogP contribution in [0.4, 0.5) is 0 Å². The summed E-state index contributed by atoms with van der Waals surface area (Å²) in [6, 6.07) is 0. The van der Waals surface area contributed by atoms with Crippen molar-refractivity contribution < 1.29 is 9.47 Å². The van der Waals surface area contributed by atoms with Gasteiger partial charge < -0.3 is 9.47 Å². The summed E-state index contributed by atoms with van der Waals surface area (Å²) < 4.78 is 10.9. The molecule has 3 atom stereocenters. The van der Waals surface area contributed by atoms with Gasteiger partial charge in [-0.05, 0) is 24.7 Å². The molecule has 0 aromatic rings. The van der Waals surface area contributed by atoms with Crippen molar-refractivity contribution in [1.82, 2.24) is 0 Å². The predicted molar refractivity (Wildman–Crippen MR) is 53.8 cm³/mol. The Hall–Kier alpha value is -0.0800. The molecule has 0 radical (unpaired) electrons. The van der Waals surface area contributed by atoms with Crippen LogP contribution in [-0.2, 0) is 9.47 Å². The third-order valence-electron chi connectivity index (χ3n) is 2.79. The molecule has 1 rings (SSSR count). The highest BCUT2D eigenvalue weighted by Gasteiger charge is 2.33. The van der Waals surface area contributed by atoms with Crippen LogP contribution in [0.25, 0.3) is 0 Å². The van der Waals surface area contributed by atoms with E-state index in [0.29, 0.717) is 6.10 Å². The van der Waals surface area contributed by atoms with E-state index < -0.39 is 0 Å². The van der Waals surface area contributed by atoms with E-state index in [4.69, 9.17) is 9.47 Å². The van der Waals surface area contributed by atoms with Gasteiger partial charge in [-0.1, -0.05) is 20.3 Å². The molecule has 0 heterocycles. The van der Waals surface area contributed by atoms with E-state index in [9.17, 15) is 0 Å². The number of rotatable bonds is 7. The summed E-state index contributed by atoms with van der Waals surface area (Å²) in [6.45, 7) is 6.16. The van der Waals surface area contributed by atoms with Crippen LogP contribution in [0.15, 0.2) is 0 Å². The Morgan fingerprint density at radius 1 is 1.46 bits per heavy atom. The predicted octanol–water partition coefficient (Wildman–Crippen LogP) is 2.47. The standard InChI is InChI=1S/C11H22O2/c1-4-5-11(8-12-3)13-7-10-6-9(10)2/h9-11H,4-8H2,1-3H3.